The largest absolute Gasteiger partial charge is 0.497 e. The van der Waals surface area contributed by atoms with Crippen molar-refractivity contribution >= 4 is 11.9 Å². The van der Waals surface area contributed by atoms with E-state index in [9.17, 15) is 4.79 Å². The number of ether oxygens (including phenoxy) is 2. The van der Waals surface area contributed by atoms with Crippen molar-refractivity contribution in [2.75, 3.05) is 51.8 Å². The first-order valence-electron chi connectivity index (χ1n) is 11.1. The van der Waals surface area contributed by atoms with E-state index in [0.717, 1.165) is 37.4 Å². The van der Waals surface area contributed by atoms with Crippen molar-refractivity contribution in [1.29, 1.82) is 0 Å². The van der Waals surface area contributed by atoms with E-state index in [2.05, 4.69) is 16.8 Å². The predicted molar refractivity (Wildman–Crippen MR) is 122 cm³/mol. The van der Waals surface area contributed by atoms with Crippen molar-refractivity contribution in [3.8, 4) is 17.4 Å². The summed E-state index contributed by atoms with van der Waals surface area (Å²) >= 11 is 0. The molecule has 1 aromatic carbocycles. The maximum absolute atomic E-state index is 12.9. The number of carbonyl (C=O) groups is 1. The number of amides is 1. The predicted octanol–water partition coefficient (Wildman–Crippen LogP) is 2.82. The third-order valence-corrected chi connectivity index (χ3v) is 6.07. The van der Waals surface area contributed by atoms with Crippen molar-refractivity contribution in [3.63, 3.8) is 0 Å². The van der Waals surface area contributed by atoms with Gasteiger partial charge in [-0.15, -0.1) is 0 Å². The first kappa shape index (κ1) is 21.3. The quantitative estimate of drug-likeness (QED) is 0.588. The van der Waals surface area contributed by atoms with Gasteiger partial charge in [0.15, 0.2) is 5.76 Å². The minimum absolute atomic E-state index is 0.152. The summed E-state index contributed by atoms with van der Waals surface area (Å²) in [6, 6.07) is 10.8. The van der Waals surface area contributed by atoms with Crippen molar-refractivity contribution in [1.82, 2.24) is 19.8 Å². The van der Waals surface area contributed by atoms with Gasteiger partial charge in [0.05, 0.1) is 31.2 Å². The Labute approximate surface area is 192 Å². The monoisotopic (exact) mass is 449 g/mol. The first-order valence-corrected chi connectivity index (χ1v) is 11.1. The maximum Gasteiger partial charge on any atom is 0.289 e. The molecule has 33 heavy (non-hydrogen) atoms. The molecule has 1 amide bonds. The zero-order valence-corrected chi connectivity index (χ0v) is 18.9. The van der Waals surface area contributed by atoms with Gasteiger partial charge in [0.1, 0.15) is 11.5 Å². The topological polar surface area (TPSA) is 84.2 Å². The second-order valence-corrected chi connectivity index (χ2v) is 8.28. The second kappa shape index (κ2) is 9.11. The minimum Gasteiger partial charge on any atom is -0.497 e. The molecule has 2 aliphatic rings. The Kier molecular flexibility index (Phi) is 5.87. The zero-order valence-electron chi connectivity index (χ0n) is 18.9. The number of nitrogens with zero attached hydrogens (tertiary/aromatic N) is 5. The van der Waals surface area contributed by atoms with Crippen LogP contribution in [0.4, 0.5) is 5.95 Å². The highest BCUT2D eigenvalue weighted by Gasteiger charge is 2.29. The molecule has 2 aromatic heterocycles. The summed E-state index contributed by atoms with van der Waals surface area (Å²) in [5.74, 6) is 2.63. The number of methoxy groups -OCH3 is 1. The van der Waals surface area contributed by atoms with Crippen molar-refractivity contribution in [2.24, 2.45) is 0 Å². The summed E-state index contributed by atoms with van der Waals surface area (Å²) < 4.78 is 16.9. The normalized spacial score (nSPS) is 16.4. The number of benzene rings is 1. The molecule has 5 rings (SSSR count). The molecule has 0 atom stereocenters. The Morgan fingerprint density at radius 2 is 1.85 bits per heavy atom. The van der Waals surface area contributed by atoms with E-state index in [1.807, 2.05) is 24.3 Å². The molecule has 2 aliphatic heterocycles. The lowest BCUT2D eigenvalue weighted by Crippen LogP contribution is -2.45. The SMILES string of the molecule is COc1cccc(Oc2nc(N3CCN(C)CC3)nc3c2CN(C(=O)c2ccco2)CC3)c1. The average Bonchev–Trinajstić information content (AvgIpc) is 3.39. The molecule has 172 valence electrons. The van der Waals surface area contributed by atoms with Gasteiger partial charge in [-0.25, -0.2) is 4.98 Å². The number of rotatable bonds is 5. The smallest absolute Gasteiger partial charge is 0.289 e. The number of hydrogen-bond donors (Lipinski definition) is 0. The molecule has 3 aromatic rings. The highest BCUT2D eigenvalue weighted by Crippen LogP contribution is 2.33. The standard InChI is InChI=1S/C24H27N5O4/c1-27-10-12-28(13-11-27)24-25-20-8-9-29(23(30)21-7-4-14-32-21)16-19(20)22(26-24)33-18-6-3-5-17(15-18)31-2/h3-7,14-15H,8-13,16H2,1-2H3. The van der Waals surface area contributed by atoms with Crippen molar-refractivity contribution in [3.05, 3.63) is 59.7 Å². The van der Waals surface area contributed by atoms with E-state index in [0.29, 0.717) is 48.6 Å². The molecule has 0 aliphatic carbocycles. The molecular weight excluding hydrogens is 422 g/mol. The van der Waals surface area contributed by atoms with Crippen molar-refractivity contribution in [2.45, 2.75) is 13.0 Å². The van der Waals surface area contributed by atoms with E-state index in [1.54, 1.807) is 24.1 Å². The van der Waals surface area contributed by atoms with Crippen LogP contribution in [0.5, 0.6) is 17.4 Å². The number of piperazine rings is 1. The number of carbonyl (C=O) groups excluding carboxylic acids is 1. The van der Waals surface area contributed by atoms with E-state index >= 15 is 0 Å². The molecule has 0 N–H and O–H groups in total. The van der Waals surface area contributed by atoms with Crippen LogP contribution in [0.2, 0.25) is 0 Å². The summed E-state index contributed by atoms with van der Waals surface area (Å²) in [4.78, 5) is 28.8. The molecule has 1 fully saturated rings. The summed E-state index contributed by atoms with van der Waals surface area (Å²) in [6.45, 7) is 4.55. The minimum atomic E-state index is -0.152. The number of furan rings is 1. The molecule has 0 saturated carbocycles. The van der Waals surface area contributed by atoms with Gasteiger partial charge in [0.25, 0.3) is 5.91 Å². The van der Waals surface area contributed by atoms with Crippen LogP contribution < -0.4 is 14.4 Å². The highest BCUT2D eigenvalue weighted by atomic mass is 16.5. The number of hydrogen-bond acceptors (Lipinski definition) is 8. The van der Waals surface area contributed by atoms with Gasteiger partial charge < -0.3 is 28.6 Å². The van der Waals surface area contributed by atoms with Gasteiger partial charge in [-0.05, 0) is 31.3 Å². The molecule has 1 saturated heterocycles. The van der Waals surface area contributed by atoms with E-state index in [-0.39, 0.29) is 5.91 Å². The Hall–Kier alpha value is -3.59. The van der Waals surface area contributed by atoms with Crippen LogP contribution in [0.1, 0.15) is 21.8 Å². The number of aromatic nitrogens is 2. The van der Waals surface area contributed by atoms with Crippen LogP contribution in [-0.2, 0) is 13.0 Å². The number of anilines is 1. The summed E-state index contributed by atoms with van der Waals surface area (Å²) in [7, 11) is 3.74. The first-order chi connectivity index (χ1) is 16.1. The van der Waals surface area contributed by atoms with Crippen LogP contribution >= 0.6 is 0 Å². The maximum atomic E-state index is 12.9. The highest BCUT2D eigenvalue weighted by molar-refractivity contribution is 5.91. The van der Waals surface area contributed by atoms with Gasteiger partial charge in [-0.1, -0.05) is 6.07 Å². The van der Waals surface area contributed by atoms with Gasteiger partial charge in [0.2, 0.25) is 11.8 Å². The zero-order chi connectivity index (χ0) is 22.8. The Morgan fingerprint density at radius 1 is 1.03 bits per heavy atom. The second-order valence-electron chi connectivity index (χ2n) is 8.28. The Balaban J connectivity index is 1.48. The number of fused-ring (bicyclic) bond motifs is 1. The van der Waals surface area contributed by atoms with E-state index < -0.39 is 0 Å². The molecule has 0 unspecified atom stereocenters. The summed E-state index contributed by atoms with van der Waals surface area (Å²) in [5, 5.41) is 0. The fraction of sp³-hybridized carbons (Fsp3) is 0.375. The molecule has 0 bridgehead atoms. The molecule has 0 radical (unpaired) electrons. The fourth-order valence-electron chi connectivity index (χ4n) is 4.11. The molecule has 0 spiro atoms. The Bertz CT molecular complexity index is 1130. The number of likely N-dealkylation sites (N-methyl/N-ethyl adjacent to an activating group) is 1. The van der Waals surface area contributed by atoms with E-state index in [4.69, 9.17) is 23.9 Å². The van der Waals surface area contributed by atoms with Gasteiger partial charge in [-0.2, -0.15) is 4.98 Å². The molecular formula is C24H27N5O4. The summed E-state index contributed by atoms with van der Waals surface area (Å²) in [6.07, 6.45) is 2.13. The fourth-order valence-corrected chi connectivity index (χ4v) is 4.11. The van der Waals surface area contributed by atoms with Crippen molar-refractivity contribution < 1.29 is 18.7 Å². The van der Waals surface area contributed by atoms with Crippen LogP contribution in [0.3, 0.4) is 0 Å². The van der Waals surface area contributed by atoms with Gasteiger partial charge >= 0.3 is 0 Å². The Morgan fingerprint density at radius 3 is 2.61 bits per heavy atom. The van der Waals surface area contributed by atoms with Gasteiger partial charge in [-0.3, -0.25) is 4.79 Å². The molecule has 9 nitrogen and oxygen atoms in total. The van der Waals surface area contributed by atoms with Crippen LogP contribution in [0.25, 0.3) is 0 Å². The van der Waals surface area contributed by atoms with Crippen LogP contribution in [-0.4, -0.2) is 72.6 Å². The lowest BCUT2D eigenvalue weighted by Gasteiger charge is -2.34. The van der Waals surface area contributed by atoms with Crippen LogP contribution in [0.15, 0.2) is 47.1 Å². The molecule has 9 heteroatoms. The van der Waals surface area contributed by atoms with E-state index in [1.165, 1.54) is 6.26 Å². The third-order valence-electron chi connectivity index (χ3n) is 6.07. The molecule has 4 heterocycles. The summed E-state index contributed by atoms with van der Waals surface area (Å²) in [5.41, 5.74) is 1.74. The van der Waals surface area contributed by atoms with Gasteiger partial charge in [0, 0.05) is 45.2 Å². The van der Waals surface area contributed by atoms with Crippen LogP contribution in [0, 0.1) is 0 Å². The lowest BCUT2D eigenvalue weighted by atomic mass is 10.1. The average molecular weight is 450 g/mol. The lowest BCUT2D eigenvalue weighted by molar-refractivity contribution is 0.0699. The third kappa shape index (κ3) is 4.49.